The van der Waals surface area contributed by atoms with Crippen LogP contribution < -0.4 is 5.32 Å². The fraction of sp³-hybridized carbons (Fsp3) is 0.467. The van der Waals surface area contributed by atoms with E-state index in [1.54, 1.807) is 18.2 Å². The molecule has 1 unspecified atom stereocenters. The number of rotatable bonds is 8. The molecular weight excluding hydrogens is 277 g/mol. The summed E-state index contributed by atoms with van der Waals surface area (Å²) in [6, 6.07) is 5.06. The number of aliphatic carboxylic acids is 1. The summed E-state index contributed by atoms with van der Waals surface area (Å²) in [5.74, 6) is -1.55. The Balaban J connectivity index is 2.49. The number of benzene rings is 1. The minimum absolute atomic E-state index is 0.0964. The van der Waals surface area contributed by atoms with E-state index >= 15 is 0 Å². The molecule has 0 aliphatic carbocycles. The van der Waals surface area contributed by atoms with Gasteiger partial charge in [-0.15, -0.1) is 0 Å². The molecule has 0 saturated heterocycles. The van der Waals surface area contributed by atoms with Gasteiger partial charge in [0.1, 0.15) is 11.9 Å². The number of carbonyl (C=O) groups excluding carboxylic acids is 1. The highest BCUT2D eigenvalue weighted by molar-refractivity contribution is 5.79. The number of aryl methyl sites for hydroxylation is 1. The molecule has 1 rings (SSSR count). The van der Waals surface area contributed by atoms with Crippen LogP contribution in [0.4, 0.5) is 9.18 Å². The summed E-state index contributed by atoms with van der Waals surface area (Å²) >= 11 is 0. The van der Waals surface area contributed by atoms with Crippen LogP contribution in [-0.4, -0.2) is 29.8 Å². The Morgan fingerprint density at radius 3 is 2.71 bits per heavy atom. The Labute approximate surface area is 123 Å². The molecule has 0 bridgehead atoms. The number of carboxylic acids is 1. The SMILES string of the molecule is CCCCOC(=O)NC(CCc1ccccc1F)C(=O)O. The molecule has 0 fully saturated rings. The molecule has 6 heteroatoms. The van der Waals surface area contributed by atoms with Gasteiger partial charge in [0.15, 0.2) is 0 Å². The summed E-state index contributed by atoms with van der Waals surface area (Å²) in [6.45, 7) is 2.21. The maximum absolute atomic E-state index is 13.4. The van der Waals surface area contributed by atoms with Gasteiger partial charge >= 0.3 is 12.1 Å². The normalized spacial score (nSPS) is 11.7. The van der Waals surface area contributed by atoms with Crippen LogP contribution in [0.2, 0.25) is 0 Å². The average molecular weight is 297 g/mol. The van der Waals surface area contributed by atoms with E-state index in [1.165, 1.54) is 6.07 Å². The van der Waals surface area contributed by atoms with E-state index in [4.69, 9.17) is 9.84 Å². The van der Waals surface area contributed by atoms with Crippen LogP contribution in [0.3, 0.4) is 0 Å². The predicted molar refractivity (Wildman–Crippen MR) is 75.5 cm³/mol. The number of carboxylic acid groups (broad SMARTS) is 1. The zero-order chi connectivity index (χ0) is 15.7. The van der Waals surface area contributed by atoms with Gasteiger partial charge < -0.3 is 15.2 Å². The molecule has 1 aromatic carbocycles. The van der Waals surface area contributed by atoms with Gasteiger partial charge in [0.25, 0.3) is 0 Å². The van der Waals surface area contributed by atoms with Crippen molar-refractivity contribution in [3.8, 4) is 0 Å². The molecule has 0 radical (unpaired) electrons. The van der Waals surface area contributed by atoms with Gasteiger partial charge in [0.05, 0.1) is 6.61 Å². The second kappa shape index (κ2) is 8.94. The van der Waals surface area contributed by atoms with E-state index in [1.807, 2.05) is 6.92 Å². The van der Waals surface area contributed by atoms with Crippen molar-refractivity contribution in [2.45, 2.75) is 38.6 Å². The lowest BCUT2D eigenvalue weighted by molar-refractivity contribution is -0.139. The van der Waals surface area contributed by atoms with E-state index < -0.39 is 18.1 Å². The average Bonchev–Trinajstić information content (AvgIpc) is 2.45. The van der Waals surface area contributed by atoms with Crippen molar-refractivity contribution in [1.82, 2.24) is 5.32 Å². The molecule has 21 heavy (non-hydrogen) atoms. The minimum atomic E-state index is -1.17. The second-order valence-corrected chi connectivity index (χ2v) is 4.65. The number of hydrogen-bond donors (Lipinski definition) is 2. The number of ether oxygens (including phenoxy) is 1. The summed E-state index contributed by atoms with van der Waals surface area (Å²) in [5.41, 5.74) is 0.421. The maximum atomic E-state index is 13.4. The highest BCUT2D eigenvalue weighted by Crippen LogP contribution is 2.10. The van der Waals surface area contributed by atoms with Gasteiger partial charge in [-0.2, -0.15) is 0 Å². The van der Waals surface area contributed by atoms with Gasteiger partial charge in [-0.05, 0) is 30.9 Å². The molecule has 5 nitrogen and oxygen atoms in total. The largest absolute Gasteiger partial charge is 0.480 e. The zero-order valence-electron chi connectivity index (χ0n) is 12.0. The Bertz CT molecular complexity index is 478. The first-order valence-electron chi connectivity index (χ1n) is 6.94. The molecule has 0 aliphatic heterocycles. The fourth-order valence-electron chi connectivity index (χ4n) is 1.75. The van der Waals surface area contributed by atoms with Crippen molar-refractivity contribution >= 4 is 12.1 Å². The Morgan fingerprint density at radius 2 is 2.10 bits per heavy atom. The van der Waals surface area contributed by atoms with Gasteiger partial charge in [0, 0.05) is 0 Å². The van der Waals surface area contributed by atoms with Crippen LogP contribution in [0.5, 0.6) is 0 Å². The van der Waals surface area contributed by atoms with Crippen molar-refractivity contribution in [2.75, 3.05) is 6.61 Å². The molecule has 0 heterocycles. The lowest BCUT2D eigenvalue weighted by Gasteiger charge is -2.14. The first kappa shape index (κ1) is 16.9. The van der Waals surface area contributed by atoms with Crippen molar-refractivity contribution in [1.29, 1.82) is 0 Å². The fourth-order valence-corrected chi connectivity index (χ4v) is 1.75. The first-order chi connectivity index (χ1) is 10.0. The van der Waals surface area contributed by atoms with Crippen molar-refractivity contribution < 1.29 is 23.8 Å². The van der Waals surface area contributed by atoms with Crippen molar-refractivity contribution in [3.05, 3.63) is 35.6 Å². The quantitative estimate of drug-likeness (QED) is 0.723. The Morgan fingerprint density at radius 1 is 1.38 bits per heavy atom. The van der Waals surface area contributed by atoms with E-state index in [0.717, 1.165) is 12.8 Å². The van der Waals surface area contributed by atoms with Crippen molar-refractivity contribution in [3.63, 3.8) is 0 Å². The number of alkyl carbamates (subject to hydrolysis) is 1. The molecule has 0 aliphatic rings. The smallest absolute Gasteiger partial charge is 0.407 e. The van der Waals surface area contributed by atoms with Crippen LogP contribution in [0, 0.1) is 5.82 Å². The third kappa shape index (κ3) is 6.25. The number of carbonyl (C=O) groups is 2. The summed E-state index contributed by atoms with van der Waals surface area (Å²) in [5, 5.41) is 11.4. The van der Waals surface area contributed by atoms with E-state index in [9.17, 15) is 14.0 Å². The van der Waals surface area contributed by atoms with E-state index in [0.29, 0.717) is 5.56 Å². The van der Waals surface area contributed by atoms with Gasteiger partial charge in [-0.25, -0.2) is 14.0 Å². The molecule has 1 amide bonds. The Hall–Kier alpha value is -2.11. The van der Waals surface area contributed by atoms with Gasteiger partial charge in [-0.3, -0.25) is 0 Å². The van der Waals surface area contributed by atoms with Crippen LogP contribution in [-0.2, 0) is 16.0 Å². The highest BCUT2D eigenvalue weighted by Gasteiger charge is 2.20. The minimum Gasteiger partial charge on any atom is -0.480 e. The van der Waals surface area contributed by atoms with Crippen LogP contribution in [0.25, 0.3) is 0 Å². The maximum Gasteiger partial charge on any atom is 0.407 e. The summed E-state index contributed by atoms with van der Waals surface area (Å²) in [7, 11) is 0. The van der Waals surface area contributed by atoms with Crippen LogP contribution in [0.1, 0.15) is 31.7 Å². The summed E-state index contributed by atoms with van der Waals surface area (Å²) in [4.78, 5) is 22.5. The standard InChI is InChI=1S/C15H20FNO4/c1-2-3-10-21-15(20)17-13(14(18)19)9-8-11-6-4-5-7-12(11)16/h4-7,13H,2-3,8-10H2,1H3,(H,17,20)(H,18,19). The lowest BCUT2D eigenvalue weighted by atomic mass is 10.0. The molecule has 116 valence electrons. The van der Waals surface area contributed by atoms with Gasteiger partial charge in [0.2, 0.25) is 0 Å². The second-order valence-electron chi connectivity index (χ2n) is 4.65. The van der Waals surface area contributed by atoms with Gasteiger partial charge in [-0.1, -0.05) is 31.5 Å². The number of unbranched alkanes of at least 4 members (excludes halogenated alkanes) is 1. The number of nitrogens with one attached hydrogen (secondary N) is 1. The molecule has 1 aromatic rings. The number of hydrogen-bond acceptors (Lipinski definition) is 3. The number of halogens is 1. The van der Waals surface area contributed by atoms with E-state index in [2.05, 4.69) is 5.32 Å². The van der Waals surface area contributed by atoms with E-state index in [-0.39, 0.29) is 25.3 Å². The van der Waals surface area contributed by atoms with Crippen LogP contribution in [0.15, 0.2) is 24.3 Å². The topological polar surface area (TPSA) is 75.6 Å². The number of amides is 1. The lowest BCUT2D eigenvalue weighted by Crippen LogP contribution is -2.41. The molecule has 2 N–H and O–H groups in total. The highest BCUT2D eigenvalue weighted by atomic mass is 19.1. The summed E-state index contributed by atoms with van der Waals surface area (Å²) in [6.07, 6.45) is 1.16. The molecule has 0 aromatic heterocycles. The molecule has 1 atom stereocenters. The first-order valence-corrected chi connectivity index (χ1v) is 6.94. The van der Waals surface area contributed by atoms with Crippen LogP contribution >= 0.6 is 0 Å². The molecule has 0 spiro atoms. The third-order valence-electron chi connectivity index (χ3n) is 2.98. The molecular formula is C15H20FNO4. The molecule has 0 saturated carbocycles. The monoisotopic (exact) mass is 297 g/mol. The summed E-state index contributed by atoms with van der Waals surface area (Å²) < 4.78 is 18.3. The Kier molecular flexibility index (Phi) is 7.21. The predicted octanol–water partition coefficient (Wildman–Crippen LogP) is 2.74. The zero-order valence-corrected chi connectivity index (χ0v) is 12.0. The third-order valence-corrected chi connectivity index (χ3v) is 2.98. The van der Waals surface area contributed by atoms with Crippen molar-refractivity contribution in [2.24, 2.45) is 0 Å².